The Morgan fingerprint density at radius 3 is 2.81 bits per heavy atom. The number of nitrogens with zero attached hydrogens (tertiary/aromatic N) is 5. The Bertz CT molecular complexity index is 959. The molecule has 1 atom stereocenters. The number of carbonyl (C=O) groups is 1. The molecule has 0 saturated carbocycles. The molecule has 3 aromatic rings. The predicted octanol–water partition coefficient (Wildman–Crippen LogP) is 2.27. The van der Waals surface area contributed by atoms with Gasteiger partial charge in [0.15, 0.2) is 0 Å². The molecule has 1 aliphatic heterocycles. The number of carbonyl (C=O) groups excluding carboxylic acids is 1. The lowest BCUT2D eigenvalue weighted by Crippen LogP contribution is -2.40. The van der Waals surface area contributed by atoms with Gasteiger partial charge in [-0.25, -0.2) is 15.0 Å². The molecule has 1 aliphatic rings. The largest absolute Gasteiger partial charge is 0.368 e. The van der Waals surface area contributed by atoms with E-state index >= 15 is 0 Å². The number of imidazole rings is 1. The minimum absolute atomic E-state index is 0.0920. The van der Waals surface area contributed by atoms with Gasteiger partial charge < -0.3 is 15.2 Å². The number of aryl methyl sites for hydroxylation is 2. The van der Waals surface area contributed by atoms with Gasteiger partial charge in [-0.2, -0.15) is 0 Å². The number of rotatable bonds is 2. The lowest BCUT2D eigenvalue weighted by atomic mass is 9.97. The molecule has 2 aromatic heterocycles. The van der Waals surface area contributed by atoms with Crippen LogP contribution in [0.25, 0.3) is 11.0 Å². The van der Waals surface area contributed by atoms with E-state index < -0.39 is 0 Å². The van der Waals surface area contributed by atoms with Gasteiger partial charge in [-0.05, 0) is 38.0 Å². The lowest BCUT2D eigenvalue weighted by molar-refractivity contribution is 0.0697. The highest BCUT2D eigenvalue weighted by Crippen LogP contribution is 2.29. The van der Waals surface area contributed by atoms with Crippen molar-refractivity contribution in [2.24, 2.45) is 7.05 Å². The van der Waals surface area contributed by atoms with Crippen molar-refractivity contribution in [1.82, 2.24) is 24.4 Å². The van der Waals surface area contributed by atoms with E-state index in [9.17, 15) is 4.79 Å². The third-order valence-corrected chi connectivity index (χ3v) is 4.99. The van der Waals surface area contributed by atoms with E-state index in [1.807, 2.05) is 37.1 Å². The molecule has 4 rings (SSSR count). The van der Waals surface area contributed by atoms with E-state index in [0.29, 0.717) is 17.9 Å². The first-order valence-corrected chi connectivity index (χ1v) is 8.84. The summed E-state index contributed by atoms with van der Waals surface area (Å²) in [5.74, 6) is 1.29. The Labute approximate surface area is 151 Å². The van der Waals surface area contributed by atoms with Crippen molar-refractivity contribution in [3.63, 3.8) is 0 Å². The molecule has 0 aliphatic carbocycles. The van der Waals surface area contributed by atoms with Gasteiger partial charge in [0.1, 0.15) is 11.5 Å². The normalized spacial score (nSPS) is 17.6. The first kappa shape index (κ1) is 16.5. The van der Waals surface area contributed by atoms with Crippen LogP contribution in [-0.4, -0.2) is 43.4 Å². The van der Waals surface area contributed by atoms with Crippen molar-refractivity contribution in [1.29, 1.82) is 0 Å². The number of fused-ring (bicyclic) bond motifs is 1. The molecule has 134 valence electrons. The van der Waals surface area contributed by atoms with Gasteiger partial charge in [-0.1, -0.05) is 12.1 Å². The summed E-state index contributed by atoms with van der Waals surface area (Å²) in [6, 6.07) is 9.81. The summed E-state index contributed by atoms with van der Waals surface area (Å²) in [6.07, 6.45) is 1.96. The van der Waals surface area contributed by atoms with Crippen molar-refractivity contribution >= 4 is 22.9 Å². The maximum atomic E-state index is 12.9. The average molecular weight is 350 g/mol. The molecule has 1 fully saturated rings. The summed E-state index contributed by atoms with van der Waals surface area (Å²) in [7, 11) is 2.04. The SMILES string of the molecule is Cc1cc(C(=O)N2CCC[C@@H](c3nc4ccccc4n3C)C2)nc(N)n1. The molecule has 0 radical (unpaired) electrons. The molecule has 3 heterocycles. The Morgan fingerprint density at radius 1 is 1.23 bits per heavy atom. The first-order valence-electron chi connectivity index (χ1n) is 8.84. The summed E-state index contributed by atoms with van der Waals surface area (Å²) < 4.78 is 2.14. The summed E-state index contributed by atoms with van der Waals surface area (Å²) in [6.45, 7) is 3.18. The van der Waals surface area contributed by atoms with Gasteiger partial charge in [-0.3, -0.25) is 4.79 Å². The van der Waals surface area contributed by atoms with Crippen LogP contribution in [0.2, 0.25) is 0 Å². The van der Waals surface area contributed by atoms with E-state index in [-0.39, 0.29) is 17.8 Å². The summed E-state index contributed by atoms with van der Waals surface area (Å²) in [5.41, 5.74) is 8.87. The Morgan fingerprint density at radius 2 is 2.04 bits per heavy atom. The van der Waals surface area contributed by atoms with Crippen LogP contribution in [0.4, 0.5) is 5.95 Å². The number of amides is 1. The molecule has 7 heteroatoms. The number of nitrogens with two attached hydrogens (primary N) is 1. The van der Waals surface area contributed by atoms with Gasteiger partial charge >= 0.3 is 0 Å². The first-order chi connectivity index (χ1) is 12.5. The third-order valence-electron chi connectivity index (χ3n) is 4.99. The zero-order chi connectivity index (χ0) is 18.3. The zero-order valence-corrected chi connectivity index (χ0v) is 15.0. The average Bonchev–Trinajstić information content (AvgIpc) is 2.97. The highest BCUT2D eigenvalue weighted by Gasteiger charge is 2.29. The second kappa shape index (κ2) is 6.40. The molecular formula is C19H22N6O. The molecule has 2 N–H and O–H groups in total. The molecule has 1 aromatic carbocycles. The van der Waals surface area contributed by atoms with Crippen molar-refractivity contribution in [2.45, 2.75) is 25.7 Å². The Hall–Kier alpha value is -2.96. The van der Waals surface area contributed by atoms with E-state index in [4.69, 9.17) is 10.7 Å². The lowest BCUT2D eigenvalue weighted by Gasteiger charge is -2.32. The van der Waals surface area contributed by atoms with E-state index in [2.05, 4.69) is 20.6 Å². The fraction of sp³-hybridized carbons (Fsp3) is 0.368. The maximum absolute atomic E-state index is 12.9. The van der Waals surface area contributed by atoms with Gasteiger partial charge in [0.05, 0.1) is 11.0 Å². The second-order valence-corrected chi connectivity index (χ2v) is 6.86. The van der Waals surface area contributed by atoms with Crippen LogP contribution < -0.4 is 5.73 Å². The highest BCUT2D eigenvalue weighted by atomic mass is 16.2. The Kier molecular flexibility index (Phi) is 4.06. The van der Waals surface area contributed by atoms with Crippen LogP contribution in [-0.2, 0) is 7.05 Å². The van der Waals surface area contributed by atoms with Crippen LogP contribution in [0, 0.1) is 6.92 Å². The van der Waals surface area contributed by atoms with Gasteiger partial charge in [0.2, 0.25) is 5.95 Å². The number of nitrogen functional groups attached to an aromatic ring is 1. The van der Waals surface area contributed by atoms with Crippen LogP contribution >= 0.6 is 0 Å². The van der Waals surface area contributed by atoms with Crippen LogP contribution in [0.3, 0.4) is 0 Å². The maximum Gasteiger partial charge on any atom is 0.272 e. The van der Waals surface area contributed by atoms with Crippen molar-refractivity contribution < 1.29 is 4.79 Å². The predicted molar refractivity (Wildman–Crippen MR) is 99.8 cm³/mol. The summed E-state index contributed by atoms with van der Waals surface area (Å²) in [4.78, 5) is 27.7. The molecule has 7 nitrogen and oxygen atoms in total. The van der Waals surface area contributed by atoms with Crippen molar-refractivity contribution in [3.05, 3.63) is 47.5 Å². The number of benzene rings is 1. The van der Waals surface area contributed by atoms with E-state index in [0.717, 1.165) is 36.2 Å². The fourth-order valence-electron chi connectivity index (χ4n) is 3.76. The van der Waals surface area contributed by atoms with Crippen LogP contribution in [0.15, 0.2) is 30.3 Å². The highest BCUT2D eigenvalue weighted by molar-refractivity contribution is 5.92. The molecule has 1 amide bonds. The fourth-order valence-corrected chi connectivity index (χ4v) is 3.76. The molecule has 0 unspecified atom stereocenters. The minimum Gasteiger partial charge on any atom is -0.368 e. The van der Waals surface area contributed by atoms with Gasteiger partial charge in [0.25, 0.3) is 5.91 Å². The number of anilines is 1. The second-order valence-electron chi connectivity index (χ2n) is 6.86. The van der Waals surface area contributed by atoms with E-state index in [1.165, 1.54) is 0 Å². The Balaban J connectivity index is 1.60. The topological polar surface area (TPSA) is 89.9 Å². The van der Waals surface area contributed by atoms with E-state index in [1.54, 1.807) is 6.07 Å². The summed E-state index contributed by atoms with van der Waals surface area (Å²) >= 11 is 0. The number of hydrogen-bond donors (Lipinski definition) is 1. The molecule has 0 spiro atoms. The van der Waals surface area contributed by atoms with Crippen LogP contribution in [0.5, 0.6) is 0 Å². The van der Waals surface area contributed by atoms with Crippen molar-refractivity contribution in [3.8, 4) is 0 Å². The monoisotopic (exact) mass is 350 g/mol. The molecule has 1 saturated heterocycles. The standard InChI is InChI=1S/C19H22N6O/c1-12-10-15(23-19(20)21-12)18(26)25-9-5-6-13(11-25)17-22-14-7-3-4-8-16(14)24(17)2/h3-4,7-8,10,13H,5-6,9,11H2,1-2H3,(H2,20,21,23)/t13-/m1/s1. The summed E-state index contributed by atoms with van der Waals surface area (Å²) in [5, 5.41) is 0. The molecule has 0 bridgehead atoms. The quantitative estimate of drug-likeness (QED) is 0.766. The smallest absolute Gasteiger partial charge is 0.272 e. The third kappa shape index (κ3) is 2.89. The zero-order valence-electron chi connectivity index (χ0n) is 15.0. The van der Waals surface area contributed by atoms with Crippen molar-refractivity contribution in [2.75, 3.05) is 18.8 Å². The van der Waals surface area contributed by atoms with Gasteiger partial charge in [0, 0.05) is 31.7 Å². The number of piperidine rings is 1. The minimum atomic E-state index is -0.0920. The van der Waals surface area contributed by atoms with Crippen LogP contribution in [0.1, 0.15) is 40.8 Å². The molecule has 26 heavy (non-hydrogen) atoms. The number of likely N-dealkylation sites (tertiary alicyclic amines) is 1. The number of hydrogen-bond acceptors (Lipinski definition) is 5. The number of para-hydroxylation sites is 2. The van der Waals surface area contributed by atoms with Gasteiger partial charge in [-0.15, -0.1) is 0 Å². The number of aromatic nitrogens is 4. The molecular weight excluding hydrogens is 328 g/mol.